The molecule has 0 amide bonds. The Kier molecular flexibility index (Phi) is 4.17. The van der Waals surface area contributed by atoms with Crippen molar-refractivity contribution in [1.82, 2.24) is 0 Å². The average Bonchev–Trinajstić information content (AvgIpc) is 2.61. The first-order valence-electron chi connectivity index (χ1n) is 7.15. The normalized spacial score (nSPS) is 9.74. The van der Waals surface area contributed by atoms with Gasteiger partial charge in [0.1, 0.15) is 0 Å². The van der Waals surface area contributed by atoms with Gasteiger partial charge in [-0.05, 0) is 29.3 Å². The quantitative estimate of drug-likeness (QED) is 0.392. The van der Waals surface area contributed by atoms with Crippen molar-refractivity contribution in [1.29, 1.82) is 0 Å². The van der Waals surface area contributed by atoms with Crippen LogP contribution in [0.15, 0.2) is 78.9 Å². The zero-order valence-electron chi connectivity index (χ0n) is 12.3. The second-order valence-electron chi connectivity index (χ2n) is 4.97. The van der Waals surface area contributed by atoms with Crippen LogP contribution in [-0.4, -0.2) is 4.92 Å². The molecule has 3 aromatic carbocycles. The van der Waals surface area contributed by atoms with Crippen molar-refractivity contribution in [2.24, 2.45) is 0 Å². The standard InChI is InChI=1S/C20H13NO2/c22-21(23)19-13-14-20(17-9-5-2-6-10-17)18(15-19)12-11-16-7-3-1-4-8-16/h1-10,13-15H. The maximum absolute atomic E-state index is 11.0. The van der Waals surface area contributed by atoms with E-state index in [0.717, 1.165) is 16.7 Å². The Balaban J connectivity index is 2.11. The second kappa shape index (κ2) is 6.59. The molecule has 3 nitrogen and oxygen atoms in total. The molecule has 3 rings (SSSR count). The maximum Gasteiger partial charge on any atom is 0.270 e. The minimum absolute atomic E-state index is 0.0436. The Labute approximate surface area is 134 Å². The molecule has 0 saturated heterocycles. The number of nitrogens with zero attached hydrogens (tertiary/aromatic N) is 1. The summed E-state index contributed by atoms with van der Waals surface area (Å²) in [6.45, 7) is 0. The van der Waals surface area contributed by atoms with Gasteiger partial charge in [-0.3, -0.25) is 10.1 Å². The van der Waals surface area contributed by atoms with E-state index in [0.29, 0.717) is 5.56 Å². The lowest BCUT2D eigenvalue weighted by atomic mass is 9.99. The lowest BCUT2D eigenvalue weighted by molar-refractivity contribution is -0.384. The molecule has 0 fully saturated rings. The molecular formula is C20H13NO2. The summed E-state index contributed by atoms with van der Waals surface area (Å²) >= 11 is 0. The lowest BCUT2D eigenvalue weighted by Gasteiger charge is -2.05. The lowest BCUT2D eigenvalue weighted by Crippen LogP contribution is -1.91. The van der Waals surface area contributed by atoms with E-state index in [4.69, 9.17) is 0 Å². The van der Waals surface area contributed by atoms with Gasteiger partial charge in [-0.1, -0.05) is 60.4 Å². The van der Waals surface area contributed by atoms with Crippen LogP contribution in [0.5, 0.6) is 0 Å². The topological polar surface area (TPSA) is 43.1 Å². The minimum atomic E-state index is -0.400. The van der Waals surface area contributed by atoms with Crippen molar-refractivity contribution >= 4 is 5.69 Å². The molecule has 0 radical (unpaired) electrons. The van der Waals surface area contributed by atoms with Crippen LogP contribution in [0.2, 0.25) is 0 Å². The van der Waals surface area contributed by atoms with E-state index in [1.54, 1.807) is 6.07 Å². The monoisotopic (exact) mass is 299 g/mol. The van der Waals surface area contributed by atoms with E-state index < -0.39 is 4.92 Å². The first-order valence-corrected chi connectivity index (χ1v) is 7.15. The summed E-state index contributed by atoms with van der Waals surface area (Å²) in [5.41, 5.74) is 3.44. The molecule has 23 heavy (non-hydrogen) atoms. The maximum atomic E-state index is 11.0. The van der Waals surface area contributed by atoms with Crippen LogP contribution < -0.4 is 0 Å². The molecule has 0 aliphatic heterocycles. The van der Waals surface area contributed by atoms with Crippen LogP contribution >= 0.6 is 0 Å². The van der Waals surface area contributed by atoms with Crippen molar-refractivity contribution in [3.8, 4) is 23.0 Å². The zero-order valence-corrected chi connectivity index (χ0v) is 12.3. The van der Waals surface area contributed by atoms with Gasteiger partial charge in [-0.2, -0.15) is 0 Å². The van der Waals surface area contributed by atoms with Crippen LogP contribution in [0.25, 0.3) is 11.1 Å². The molecule has 0 atom stereocenters. The highest BCUT2D eigenvalue weighted by atomic mass is 16.6. The van der Waals surface area contributed by atoms with Crippen molar-refractivity contribution in [2.45, 2.75) is 0 Å². The first kappa shape index (κ1) is 14.6. The third kappa shape index (κ3) is 3.45. The van der Waals surface area contributed by atoms with Gasteiger partial charge < -0.3 is 0 Å². The SMILES string of the molecule is O=[N+]([O-])c1ccc(-c2ccccc2)c(C#Cc2ccccc2)c1. The smallest absolute Gasteiger partial charge is 0.258 e. The second-order valence-corrected chi connectivity index (χ2v) is 4.97. The van der Waals surface area contributed by atoms with Crippen LogP contribution in [0.4, 0.5) is 5.69 Å². The summed E-state index contributed by atoms with van der Waals surface area (Å²) in [7, 11) is 0. The fourth-order valence-electron chi connectivity index (χ4n) is 2.28. The molecule has 0 unspecified atom stereocenters. The largest absolute Gasteiger partial charge is 0.270 e. The van der Waals surface area contributed by atoms with Gasteiger partial charge in [0.15, 0.2) is 0 Å². The first-order chi connectivity index (χ1) is 11.2. The van der Waals surface area contributed by atoms with E-state index >= 15 is 0 Å². The Morgan fingerprint density at radius 1 is 0.783 bits per heavy atom. The Morgan fingerprint density at radius 2 is 1.43 bits per heavy atom. The van der Waals surface area contributed by atoms with Gasteiger partial charge >= 0.3 is 0 Å². The number of rotatable bonds is 2. The fourth-order valence-corrected chi connectivity index (χ4v) is 2.28. The molecule has 0 N–H and O–H groups in total. The summed E-state index contributed by atoms with van der Waals surface area (Å²) < 4.78 is 0. The van der Waals surface area contributed by atoms with E-state index in [2.05, 4.69) is 11.8 Å². The van der Waals surface area contributed by atoms with Crippen molar-refractivity contribution in [3.05, 3.63) is 100 Å². The van der Waals surface area contributed by atoms with E-state index in [1.165, 1.54) is 12.1 Å². The Hall–Kier alpha value is -3.38. The summed E-state index contributed by atoms with van der Waals surface area (Å²) in [5.74, 6) is 6.13. The predicted molar refractivity (Wildman–Crippen MR) is 91.0 cm³/mol. The molecule has 0 saturated carbocycles. The molecule has 0 bridgehead atoms. The zero-order chi connectivity index (χ0) is 16.1. The number of non-ortho nitro benzene ring substituents is 1. The molecule has 0 spiro atoms. The molecule has 0 aliphatic rings. The highest BCUT2D eigenvalue weighted by Gasteiger charge is 2.10. The molecule has 0 aliphatic carbocycles. The molecule has 3 aromatic rings. The number of hydrogen-bond acceptors (Lipinski definition) is 2. The molecule has 0 aromatic heterocycles. The van der Waals surface area contributed by atoms with Gasteiger partial charge in [0.25, 0.3) is 5.69 Å². The van der Waals surface area contributed by atoms with Crippen LogP contribution in [0.3, 0.4) is 0 Å². The van der Waals surface area contributed by atoms with Gasteiger partial charge in [0.05, 0.1) is 4.92 Å². The Bertz CT molecular complexity index is 891. The molecular weight excluding hydrogens is 286 g/mol. The number of hydrogen-bond donors (Lipinski definition) is 0. The summed E-state index contributed by atoms with van der Waals surface area (Å²) in [6, 6.07) is 24.1. The van der Waals surface area contributed by atoms with Gasteiger partial charge in [-0.25, -0.2) is 0 Å². The van der Waals surface area contributed by atoms with Crippen molar-refractivity contribution in [3.63, 3.8) is 0 Å². The van der Waals surface area contributed by atoms with E-state index in [9.17, 15) is 10.1 Å². The van der Waals surface area contributed by atoms with Crippen LogP contribution in [0, 0.1) is 22.0 Å². The minimum Gasteiger partial charge on any atom is -0.258 e. The van der Waals surface area contributed by atoms with Crippen molar-refractivity contribution in [2.75, 3.05) is 0 Å². The molecule has 0 heterocycles. The Morgan fingerprint density at radius 3 is 2.09 bits per heavy atom. The fraction of sp³-hybridized carbons (Fsp3) is 0. The number of nitro groups is 1. The highest BCUT2D eigenvalue weighted by molar-refractivity contribution is 5.73. The third-order valence-corrected chi connectivity index (χ3v) is 3.41. The van der Waals surface area contributed by atoms with Crippen LogP contribution in [-0.2, 0) is 0 Å². The predicted octanol–water partition coefficient (Wildman–Crippen LogP) is 4.66. The van der Waals surface area contributed by atoms with E-state index in [-0.39, 0.29) is 5.69 Å². The van der Waals surface area contributed by atoms with Crippen molar-refractivity contribution < 1.29 is 4.92 Å². The summed E-state index contributed by atoms with van der Waals surface area (Å²) in [6.07, 6.45) is 0. The number of benzene rings is 3. The van der Waals surface area contributed by atoms with Gasteiger partial charge in [0.2, 0.25) is 0 Å². The average molecular weight is 299 g/mol. The van der Waals surface area contributed by atoms with Crippen LogP contribution in [0.1, 0.15) is 11.1 Å². The summed E-state index contributed by atoms with van der Waals surface area (Å²) in [4.78, 5) is 10.6. The van der Waals surface area contributed by atoms with Gasteiger partial charge in [0, 0.05) is 23.3 Å². The summed E-state index contributed by atoms with van der Waals surface area (Å²) in [5, 5.41) is 11.0. The third-order valence-electron chi connectivity index (χ3n) is 3.41. The highest BCUT2D eigenvalue weighted by Crippen LogP contribution is 2.26. The van der Waals surface area contributed by atoms with E-state index in [1.807, 2.05) is 60.7 Å². The molecule has 110 valence electrons. The number of nitro benzene ring substituents is 1. The van der Waals surface area contributed by atoms with Gasteiger partial charge in [-0.15, -0.1) is 0 Å². The molecule has 3 heteroatoms.